The van der Waals surface area contributed by atoms with Gasteiger partial charge in [-0.3, -0.25) is 4.79 Å². The summed E-state index contributed by atoms with van der Waals surface area (Å²) < 4.78 is 5.76. The number of imidazole rings is 1. The molecule has 26 heavy (non-hydrogen) atoms. The molecular weight excluding hydrogens is 326 g/mol. The molecule has 5 heteroatoms. The monoisotopic (exact) mass is 349 g/mol. The maximum Gasteiger partial charge on any atom is 0.177 e. The molecule has 0 amide bonds. The number of nitrogens with two attached hydrogens (primary N) is 1. The Kier molecular flexibility index (Phi) is 5.07. The molecule has 0 unspecified atom stereocenters. The van der Waals surface area contributed by atoms with E-state index in [1.807, 2.05) is 45.0 Å². The molecule has 1 aromatic heterocycles. The maximum absolute atomic E-state index is 12.3. The third-order valence-corrected chi connectivity index (χ3v) is 4.23. The van der Waals surface area contributed by atoms with Crippen LogP contribution in [0.4, 0.5) is 5.69 Å². The number of hydrogen-bond donors (Lipinski definition) is 2. The van der Waals surface area contributed by atoms with Crippen molar-refractivity contribution in [3.8, 4) is 17.0 Å². The van der Waals surface area contributed by atoms with Crippen molar-refractivity contribution in [3.05, 3.63) is 65.1 Å². The Morgan fingerprint density at radius 1 is 1.15 bits per heavy atom. The summed E-state index contributed by atoms with van der Waals surface area (Å²) >= 11 is 0. The molecule has 0 saturated carbocycles. The molecule has 1 heterocycles. The average Bonchev–Trinajstić information content (AvgIpc) is 3.02. The maximum atomic E-state index is 12.3. The highest BCUT2D eigenvalue weighted by atomic mass is 16.5. The Balaban J connectivity index is 1.64. The van der Waals surface area contributed by atoms with E-state index in [0.717, 1.165) is 28.1 Å². The fraction of sp³-hybridized carbons (Fsp3) is 0.238. The quantitative estimate of drug-likeness (QED) is 0.664. The van der Waals surface area contributed by atoms with Crippen molar-refractivity contribution in [2.45, 2.75) is 27.2 Å². The first-order valence-corrected chi connectivity index (χ1v) is 8.55. The summed E-state index contributed by atoms with van der Waals surface area (Å²) in [7, 11) is 0. The van der Waals surface area contributed by atoms with Gasteiger partial charge in [0.2, 0.25) is 0 Å². The number of ether oxygens (including phenoxy) is 1. The van der Waals surface area contributed by atoms with Crippen LogP contribution in [0.3, 0.4) is 0 Å². The van der Waals surface area contributed by atoms with E-state index in [9.17, 15) is 4.79 Å². The second-order valence-electron chi connectivity index (χ2n) is 6.56. The van der Waals surface area contributed by atoms with Crippen LogP contribution in [0.15, 0.2) is 42.6 Å². The van der Waals surface area contributed by atoms with E-state index in [1.165, 1.54) is 5.56 Å². The highest BCUT2D eigenvalue weighted by Crippen LogP contribution is 2.25. The van der Waals surface area contributed by atoms with Gasteiger partial charge >= 0.3 is 0 Å². The average molecular weight is 349 g/mol. The van der Waals surface area contributed by atoms with Crippen molar-refractivity contribution < 1.29 is 9.53 Å². The number of aromatic nitrogens is 2. The van der Waals surface area contributed by atoms with Gasteiger partial charge in [-0.15, -0.1) is 0 Å². The number of aryl methyl sites for hydroxylation is 3. The number of carbonyl (C=O) groups is 1. The number of nitrogens with zero attached hydrogens (tertiary/aromatic N) is 1. The number of benzene rings is 2. The zero-order chi connectivity index (χ0) is 18.7. The van der Waals surface area contributed by atoms with Crippen molar-refractivity contribution in [3.63, 3.8) is 0 Å². The second kappa shape index (κ2) is 7.44. The largest absolute Gasteiger partial charge is 0.485 e. The van der Waals surface area contributed by atoms with Gasteiger partial charge in [-0.05, 0) is 38.0 Å². The molecule has 0 saturated heterocycles. The first kappa shape index (κ1) is 17.7. The Hall–Kier alpha value is -3.08. The lowest BCUT2D eigenvalue weighted by atomic mass is 10.1. The number of hydrogen-bond acceptors (Lipinski definition) is 4. The van der Waals surface area contributed by atoms with Crippen LogP contribution in [-0.2, 0) is 11.2 Å². The van der Waals surface area contributed by atoms with Crippen LogP contribution < -0.4 is 10.5 Å². The van der Waals surface area contributed by atoms with E-state index < -0.39 is 0 Å². The summed E-state index contributed by atoms with van der Waals surface area (Å²) in [5, 5.41) is 0. The molecule has 3 N–H and O–H groups in total. The number of para-hydroxylation sites is 1. The van der Waals surface area contributed by atoms with E-state index in [-0.39, 0.29) is 18.8 Å². The van der Waals surface area contributed by atoms with Gasteiger partial charge < -0.3 is 15.5 Å². The van der Waals surface area contributed by atoms with Crippen LogP contribution in [-0.4, -0.2) is 22.4 Å². The summed E-state index contributed by atoms with van der Waals surface area (Å²) in [6.45, 7) is 6.04. The lowest BCUT2D eigenvalue weighted by Crippen LogP contribution is -2.15. The first-order chi connectivity index (χ1) is 12.4. The Morgan fingerprint density at radius 2 is 1.85 bits per heavy atom. The highest BCUT2D eigenvalue weighted by molar-refractivity contribution is 5.82. The number of ketones is 1. The van der Waals surface area contributed by atoms with Crippen LogP contribution >= 0.6 is 0 Å². The van der Waals surface area contributed by atoms with Crippen molar-refractivity contribution in [1.82, 2.24) is 9.97 Å². The minimum absolute atomic E-state index is 0.0221. The molecule has 0 aliphatic rings. The lowest BCUT2D eigenvalue weighted by molar-refractivity contribution is -0.120. The summed E-state index contributed by atoms with van der Waals surface area (Å²) in [5.74, 6) is 1.35. The third kappa shape index (κ3) is 3.94. The number of rotatable bonds is 6. The van der Waals surface area contributed by atoms with E-state index >= 15 is 0 Å². The summed E-state index contributed by atoms with van der Waals surface area (Å²) in [5.41, 5.74) is 11.6. The molecule has 0 fully saturated rings. The number of aromatic amines is 1. The van der Waals surface area contributed by atoms with Gasteiger partial charge in [0.1, 0.15) is 18.2 Å². The lowest BCUT2D eigenvalue weighted by Gasteiger charge is -2.12. The molecule has 3 aromatic rings. The number of anilines is 1. The molecule has 134 valence electrons. The molecule has 0 atom stereocenters. The highest BCUT2D eigenvalue weighted by Gasteiger charge is 2.12. The minimum Gasteiger partial charge on any atom is -0.485 e. The molecule has 0 aliphatic heterocycles. The Morgan fingerprint density at radius 3 is 2.54 bits per heavy atom. The Labute approximate surface area is 153 Å². The van der Waals surface area contributed by atoms with Gasteiger partial charge in [-0.1, -0.05) is 35.9 Å². The van der Waals surface area contributed by atoms with Gasteiger partial charge in [-0.2, -0.15) is 0 Å². The van der Waals surface area contributed by atoms with Gasteiger partial charge in [0.25, 0.3) is 0 Å². The zero-order valence-electron chi connectivity index (χ0n) is 15.3. The van der Waals surface area contributed by atoms with Gasteiger partial charge in [-0.25, -0.2) is 4.98 Å². The van der Waals surface area contributed by atoms with Crippen molar-refractivity contribution in [1.29, 1.82) is 0 Å². The van der Waals surface area contributed by atoms with Crippen molar-refractivity contribution in [2.75, 3.05) is 12.3 Å². The molecular formula is C21H23N3O2. The van der Waals surface area contributed by atoms with Gasteiger partial charge in [0.15, 0.2) is 5.78 Å². The van der Waals surface area contributed by atoms with Crippen LogP contribution in [0, 0.1) is 20.8 Å². The van der Waals surface area contributed by atoms with E-state index in [4.69, 9.17) is 10.5 Å². The number of Topliss-reactive ketones (excluding diaryl/α,β-unsaturated/α-hetero) is 1. The van der Waals surface area contributed by atoms with E-state index in [0.29, 0.717) is 11.5 Å². The van der Waals surface area contributed by atoms with Gasteiger partial charge in [0, 0.05) is 11.3 Å². The molecule has 3 rings (SSSR count). The third-order valence-electron chi connectivity index (χ3n) is 4.23. The zero-order valence-corrected chi connectivity index (χ0v) is 15.3. The van der Waals surface area contributed by atoms with Crippen molar-refractivity contribution >= 4 is 11.5 Å². The molecule has 0 aliphatic carbocycles. The number of nitrogen functional groups attached to an aromatic ring is 1. The van der Waals surface area contributed by atoms with Crippen molar-refractivity contribution in [2.24, 2.45) is 0 Å². The predicted molar refractivity (Wildman–Crippen MR) is 103 cm³/mol. The summed E-state index contributed by atoms with van der Waals surface area (Å²) in [6, 6.07) is 11.6. The summed E-state index contributed by atoms with van der Waals surface area (Å²) in [4.78, 5) is 19.7. The van der Waals surface area contributed by atoms with Crippen LogP contribution in [0.5, 0.6) is 5.75 Å². The fourth-order valence-electron chi connectivity index (χ4n) is 3.12. The normalized spacial score (nSPS) is 10.7. The SMILES string of the molecule is Cc1cc(C)c(OCC(=O)Cc2ncc(-c3ccccc3N)[nH]2)c(C)c1. The topological polar surface area (TPSA) is 81.0 Å². The fourth-order valence-corrected chi connectivity index (χ4v) is 3.12. The smallest absolute Gasteiger partial charge is 0.177 e. The van der Waals surface area contributed by atoms with Crippen LogP contribution in [0.2, 0.25) is 0 Å². The minimum atomic E-state index is -0.0358. The standard InChI is InChI=1S/C21H23N3O2/c1-13-8-14(2)21(15(3)9-13)26-12-16(25)10-20-23-11-19(24-20)17-6-4-5-7-18(17)22/h4-9,11H,10,12,22H2,1-3H3,(H,23,24). The molecule has 5 nitrogen and oxygen atoms in total. The first-order valence-electron chi connectivity index (χ1n) is 8.55. The molecule has 0 bridgehead atoms. The van der Waals surface area contributed by atoms with Crippen LogP contribution in [0.1, 0.15) is 22.5 Å². The number of nitrogens with one attached hydrogen (secondary N) is 1. The van der Waals surface area contributed by atoms with Gasteiger partial charge in [0.05, 0.1) is 18.3 Å². The second-order valence-corrected chi connectivity index (χ2v) is 6.56. The number of carbonyl (C=O) groups excluding carboxylic acids is 1. The van der Waals surface area contributed by atoms with Crippen LogP contribution in [0.25, 0.3) is 11.3 Å². The predicted octanol–water partition coefficient (Wildman–Crippen LogP) is 3.77. The molecule has 2 aromatic carbocycles. The Bertz CT molecular complexity index is 921. The van der Waals surface area contributed by atoms with E-state index in [2.05, 4.69) is 22.1 Å². The number of H-pyrrole nitrogens is 1. The molecule has 0 radical (unpaired) electrons. The summed E-state index contributed by atoms with van der Waals surface area (Å²) in [6.07, 6.45) is 1.89. The van der Waals surface area contributed by atoms with E-state index in [1.54, 1.807) is 6.20 Å². The molecule has 0 spiro atoms.